The molecule has 0 fully saturated rings. The van der Waals surface area contributed by atoms with Gasteiger partial charge in [-0.15, -0.1) is 16.9 Å². The summed E-state index contributed by atoms with van der Waals surface area (Å²) >= 11 is 1.53. The van der Waals surface area contributed by atoms with Crippen molar-refractivity contribution >= 4 is 23.6 Å². The molecule has 120 valence electrons. The molecule has 0 aliphatic carbocycles. The molecule has 0 radical (unpaired) electrons. The second-order valence-electron chi connectivity index (χ2n) is 4.91. The molecule has 2 aromatic heterocycles. The van der Waals surface area contributed by atoms with Crippen LogP contribution in [0.25, 0.3) is 0 Å². The van der Waals surface area contributed by atoms with Crippen LogP contribution in [0.15, 0.2) is 17.3 Å². The lowest BCUT2D eigenvalue weighted by Crippen LogP contribution is -2.31. The molecule has 0 spiro atoms. The molecule has 22 heavy (non-hydrogen) atoms. The summed E-state index contributed by atoms with van der Waals surface area (Å²) in [5, 5.41) is 21.1. The highest BCUT2D eigenvalue weighted by molar-refractivity contribution is 7.99. The van der Waals surface area contributed by atoms with Crippen molar-refractivity contribution in [1.29, 1.82) is 0 Å². The van der Waals surface area contributed by atoms with Crippen LogP contribution >= 0.6 is 11.8 Å². The topological polar surface area (TPSA) is 101 Å². The molecular weight excluding hydrogens is 302 g/mol. The number of hydrogen-bond acceptors (Lipinski definition) is 5. The second-order valence-corrected chi connectivity index (χ2v) is 6.03. The third kappa shape index (κ3) is 4.48. The van der Waals surface area contributed by atoms with Gasteiger partial charge in [-0.05, 0) is 20.3 Å². The summed E-state index contributed by atoms with van der Waals surface area (Å²) in [6.45, 7) is 6.62. The Labute approximate surface area is 133 Å². The molecule has 3 N–H and O–H groups in total. The number of aromatic amines is 1. The molecule has 2 rings (SSSR count). The van der Waals surface area contributed by atoms with E-state index in [0.29, 0.717) is 12.4 Å². The van der Waals surface area contributed by atoms with Crippen LogP contribution in [0.2, 0.25) is 0 Å². The van der Waals surface area contributed by atoms with Crippen LogP contribution < -0.4 is 10.6 Å². The lowest BCUT2D eigenvalue weighted by Gasteiger charge is -2.14. The van der Waals surface area contributed by atoms with Crippen LogP contribution in [-0.2, 0) is 0 Å². The number of amides is 2. The number of aromatic nitrogens is 5. The van der Waals surface area contributed by atoms with Crippen LogP contribution in [0.5, 0.6) is 0 Å². The van der Waals surface area contributed by atoms with E-state index >= 15 is 0 Å². The van der Waals surface area contributed by atoms with Crippen LogP contribution in [0.4, 0.5) is 10.6 Å². The van der Waals surface area contributed by atoms with Crippen LogP contribution in [0.3, 0.4) is 0 Å². The van der Waals surface area contributed by atoms with Crippen molar-refractivity contribution in [2.75, 3.05) is 17.6 Å². The maximum atomic E-state index is 11.9. The molecule has 8 nitrogen and oxygen atoms in total. The van der Waals surface area contributed by atoms with Gasteiger partial charge in [0.25, 0.3) is 0 Å². The van der Waals surface area contributed by atoms with Gasteiger partial charge in [0.05, 0.1) is 17.9 Å². The largest absolute Gasteiger partial charge is 0.337 e. The van der Waals surface area contributed by atoms with Gasteiger partial charge in [0.15, 0.2) is 0 Å². The van der Waals surface area contributed by atoms with Gasteiger partial charge in [-0.1, -0.05) is 6.92 Å². The fraction of sp³-hybridized carbons (Fsp3) is 0.538. The van der Waals surface area contributed by atoms with Crippen LogP contribution in [0, 0.1) is 6.92 Å². The number of anilines is 1. The molecule has 0 aliphatic rings. The molecule has 0 saturated carbocycles. The Morgan fingerprint density at radius 1 is 1.55 bits per heavy atom. The number of H-pyrrole nitrogens is 1. The van der Waals surface area contributed by atoms with E-state index in [1.807, 2.05) is 17.7 Å². The Morgan fingerprint density at radius 3 is 3.05 bits per heavy atom. The summed E-state index contributed by atoms with van der Waals surface area (Å²) in [7, 11) is 0. The minimum atomic E-state index is -0.231. The zero-order valence-corrected chi connectivity index (χ0v) is 13.8. The van der Waals surface area contributed by atoms with E-state index in [1.54, 1.807) is 6.20 Å². The summed E-state index contributed by atoms with van der Waals surface area (Å²) < 4.78 is 1.85. The van der Waals surface area contributed by atoms with Crippen LogP contribution in [0.1, 0.15) is 32.0 Å². The molecule has 2 aromatic rings. The Kier molecular flexibility index (Phi) is 5.82. The molecule has 2 amide bonds. The van der Waals surface area contributed by atoms with Gasteiger partial charge in [-0.3, -0.25) is 5.32 Å². The normalized spacial score (nSPS) is 12.1. The third-order valence-corrected chi connectivity index (χ3v) is 4.04. The predicted octanol–water partition coefficient (Wildman–Crippen LogP) is 2.19. The first kappa shape index (κ1) is 16.3. The molecule has 0 saturated heterocycles. The number of nitrogens with zero attached hydrogens (tertiary/aromatic N) is 4. The standard InChI is InChI=1S/C13H21N7OS/c1-4-10(3)20-11(7-9(2)18-20)16-13(21)14-5-6-22-12-8-15-19-17-12/h7-8,10H,4-6H2,1-3H3,(H2,14,16,21)(H,15,17,19)/t10-/m1/s1. The monoisotopic (exact) mass is 323 g/mol. The van der Waals surface area contributed by atoms with Gasteiger partial charge >= 0.3 is 6.03 Å². The highest BCUT2D eigenvalue weighted by atomic mass is 32.2. The molecule has 0 aliphatic heterocycles. The number of urea groups is 1. The van der Waals surface area contributed by atoms with Gasteiger partial charge < -0.3 is 5.32 Å². The fourth-order valence-corrected chi connectivity index (χ4v) is 2.51. The van der Waals surface area contributed by atoms with Crippen molar-refractivity contribution in [3.63, 3.8) is 0 Å². The van der Waals surface area contributed by atoms with E-state index in [-0.39, 0.29) is 12.1 Å². The lowest BCUT2D eigenvalue weighted by atomic mass is 10.3. The second kappa shape index (κ2) is 7.83. The molecule has 0 aromatic carbocycles. The first-order valence-corrected chi connectivity index (χ1v) is 8.18. The first-order valence-electron chi connectivity index (χ1n) is 7.19. The number of thioether (sulfide) groups is 1. The summed E-state index contributed by atoms with van der Waals surface area (Å²) in [5.74, 6) is 1.44. The zero-order valence-electron chi connectivity index (χ0n) is 13.0. The van der Waals surface area contributed by atoms with Crippen molar-refractivity contribution in [2.45, 2.75) is 38.3 Å². The van der Waals surface area contributed by atoms with E-state index in [0.717, 1.165) is 22.9 Å². The molecule has 1 atom stereocenters. The molecule has 0 bridgehead atoms. The smallest absolute Gasteiger partial charge is 0.320 e. The van der Waals surface area contributed by atoms with E-state index in [1.165, 1.54) is 11.8 Å². The quantitative estimate of drug-likeness (QED) is 0.536. The average molecular weight is 323 g/mol. The van der Waals surface area contributed by atoms with E-state index in [4.69, 9.17) is 0 Å². The minimum absolute atomic E-state index is 0.231. The maximum absolute atomic E-state index is 11.9. The molecule has 0 unspecified atom stereocenters. The Balaban J connectivity index is 1.79. The van der Waals surface area contributed by atoms with Crippen molar-refractivity contribution in [3.8, 4) is 0 Å². The molecule has 9 heteroatoms. The Bertz CT molecular complexity index is 596. The van der Waals surface area contributed by atoms with Gasteiger partial charge in [-0.2, -0.15) is 15.4 Å². The van der Waals surface area contributed by atoms with Gasteiger partial charge in [0.2, 0.25) is 0 Å². The fourth-order valence-electron chi connectivity index (χ4n) is 1.86. The number of aryl methyl sites for hydroxylation is 1. The van der Waals surface area contributed by atoms with Gasteiger partial charge in [0.1, 0.15) is 10.8 Å². The predicted molar refractivity (Wildman–Crippen MR) is 86.1 cm³/mol. The number of carbonyl (C=O) groups is 1. The summed E-state index contributed by atoms with van der Waals surface area (Å²) in [6, 6.07) is 1.88. The first-order chi connectivity index (χ1) is 10.6. The lowest BCUT2D eigenvalue weighted by molar-refractivity contribution is 0.252. The third-order valence-electron chi connectivity index (χ3n) is 3.14. The summed E-state index contributed by atoms with van der Waals surface area (Å²) in [5.41, 5.74) is 0.886. The highest BCUT2D eigenvalue weighted by Gasteiger charge is 2.12. The SMILES string of the molecule is CC[C@@H](C)n1nc(C)cc1NC(=O)NCCSc1cn[nH]n1. The number of hydrogen-bond donors (Lipinski definition) is 3. The number of rotatable bonds is 7. The maximum Gasteiger partial charge on any atom is 0.320 e. The van der Waals surface area contributed by atoms with Crippen molar-refractivity contribution in [3.05, 3.63) is 18.0 Å². The molecule has 2 heterocycles. The molecular formula is C13H21N7OS. The Morgan fingerprint density at radius 2 is 2.36 bits per heavy atom. The van der Waals surface area contributed by atoms with Crippen molar-refractivity contribution in [2.24, 2.45) is 0 Å². The number of nitrogens with one attached hydrogen (secondary N) is 3. The van der Waals surface area contributed by atoms with E-state index in [9.17, 15) is 4.79 Å². The minimum Gasteiger partial charge on any atom is -0.337 e. The van der Waals surface area contributed by atoms with Gasteiger partial charge in [-0.25, -0.2) is 9.48 Å². The van der Waals surface area contributed by atoms with Crippen molar-refractivity contribution < 1.29 is 4.79 Å². The van der Waals surface area contributed by atoms with E-state index in [2.05, 4.69) is 45.0 Å². The van der Waals surface area contributed by atoms with Crippen LogP contribution in [-0.4, -0.2) is 43.5 Å². The summed E-state index contributed by atoms with van der Waals surface area (Å²) in [6.07, 6.45) is 2.60. The van der Waals surface area contributed by atoms with Gasteiger partial charge in [0, 0.05) is 18.4 Å². The Hall–Kier alpha value is -2.03. The average Bonchev–Trinajstić information content (AvgIpc) is 3.12. The summed E-state index contributed by atoms with van der Waals surface area (Å²) in [4.78, 5) is 11.9. The number of carbonyl (C=O) groups excluding carboxylic acids is 1. The van der Waals surface area contributed by atoms with Crippen molar-refractivity contribution in [1.82, 2.24) is 30.5 Å². The zero-order chi connectivity index (χ0) is 15.9. The van der Waals surface area contributed by atoms with E-state index < -0.39 is 0 Å². The highest BCUT2D eigenvalue weighted by Crippen LogP contribution is 2.18.